The summed E-state index contributed by atoms with van der Waals surface area (Å²) in [7, 11) is 0. The number of nitrogens with zero attached hydrogens (tertiary/aromatic N) is 3. The maximum atomic E-state index is 13.8. The van der Waals surface area contributed by atoms with E-state index in [9.17, 15) is 14.0 Å². The van der Waals surface area contributed by atoms with E-state index in [1.807, 2.05) is 4.90 Å². The van der Waals surface area contributed by atoms with Gasteiger partial charge in [-0.05, 0) is 30.7 Å². The highest BCUT2D eigenvalue weighted by Crippen LogP contribution is 2.17. The van der Waals surface area contributed by atoms with Crippen molar-refractivity contribution >= 4 is 17.7 Å². The molecule has 7 heteroatoms. The number of aromatic nitrogens is 1. The van der Waals surface area contributed by atoms with Gasteiger partial charge < -0.3 is 14.9 Å². The van der Waals surface area contributed by atoms with Crippen molar-refractivity contribution in [3.63, 3.8) is 0 Å². The van der Waals surface area contributed by atoms with E-state index in [-0.39, 0.29) is 17.2 Å². The molecule has 1 aliphatic heterocycles. The molecular weight excluding hydrogens is 325 g/mol. The molecule has 130 valence electrons. The predicted octanol–water partition coefficient (Wildman–Crippen LogP) is 2.27. The van der Waals surface area contributed by atoms with E-state index in [0.29, 0.717) is 38.4 Å². The van der Waals surface area contributed by atoms with E-state index in [1.54, 1.807) is 29.2 Å². The molecule has 1 fully saturated rings. The zero-order chi connectivity index (χ0) is 17.8. The number of aromatic carboxylic acids is 1. The van der Waals surface area contributed by atoms with Gasteiger partial charge in [-0.2, -0.15) is 0 Å². The van der Waals surface area contributed by atoms with Gasteiger partial charge in [0.15, 0.2) is 5.69 Å². The summed E-state index contributed by atoms with van der Waals surface area (Å²) >= 11 is 0. The lowest BCUT2D eigenvalue weighted by Crippen LogP contribution is -2.35. The smallest absolute Gasteiger partial charge is 0.354 e. The molecule has 1 aromatic heterocycles. The molecule has 0 radical (unpaired) electrons. The number of hydrogen-bond donors (Lipinski definition) is 1. The van der Waals surface area contributed by atoms with E-state index in [1.165, 1.54) is 18.2 Å². The highest BCUT2D eigenvalue weighted by atomic mass is 19.1. The minimum absolute atomic E-state index is 0.0129. The Morgan fingerprint density at radius 1 is 1.00 bits per heavy atom. The molecule has 2 aromatic rings. The molecular formula is C18H18FN3O3. The van der Waals surface area contributed by atoms with Crippen LogP contribution in [0.4, 0.5) is 10.2 Å². The van der Waals surface area contributed by atoms with Gasteiger partial charge in [0.1, 0.15) is 11.6 Å². The summed E-state index contributed by atoms with van der Waals surface area (Å²) in [5, 5.41) is 9.06. The van der Waals surface area contributed by atoms with Crippen LogP contribution in [0, 0.1) is 5.82 Å². The topological polar surface area (TPSA) is 73.7 Å². The van der Waals surface area contributed by atoms with Gasteiger partial charge in [-0.1, -0.05) is 18.2 Å². The number of anilines is 1. The third kappa shape index (κ3) is 3.76. The number of rotatable bonds is 3. The molecule has 0 spiro atoms. The van der Waals surface area contributed by atoms with Crippen molar-refractivity contribution in [2.24, 2.45) is 0 Å². The van der Waals surface area contributed by atoms with Crippen LogP contribution in [0.25, 0.3) is 0 Å². The predicted molar refractivity (Wildman–Crippen MR) is 90.3 cm³/mol. The lowest BCUT2D eigenvalue weighted by atomic mass is 10.2. The quantitative estimate of drug-likeness (QED) is 0.925. The number of hydrogen-bond acceptors (Lipinski definition) is 4. The molecule has 0 aliphatic carbocycles. The Bertz CT molecular complexity index is 797. The fraction of sp³-hybridized carbons (Fsp3) is 0.278. The zero-order valence-electron chi connectivity index (χ0n) is 13.6. The number of halogens is 1. The average Bonchev–Trinajstić information content (AvgIpc) is 2.88. The van der Waals surface area contributed by atoms with Crippen molar-refractivity contribution < 1.29 is 19.1 Å². The Hall–Kier alpha value is -2.96. The van der Waals surface area contributed by atoms with Crippen molar-refractivity contribution in [3.05, 3.63) is 59.5 Å². The van der Waals surface area contributed by atoms with E-state index < -0.39 is 11.8 Å². The molecule has 1 aromatic carbocycles. The maximum Gasteiger partial charge on any atom is 0.354 e. The van der Waals surface area contributed by atoms with Crippen LogP contribution in [0.3, 0.4) is 0 Å². The van der Waals surface area contributed by atoms with Crippen LogP contribution in [0.15, 0.2) is 42.5 Å². The highest BCUT2D eigenvalue weighted by molar-refractivity contribution is 5.94. The largest absolute Gasteiger partial charge is 0.477 e. The zero-order valence-corrected chi connectivity index (χ0v) is 13.6. The van der Waals surface area contributed by atoms with Crippen LogP contribution in [0.1, 0.15) is 27.3 Å². The molecule has 6 nitrogen and oxygen atoms in total. The first-order valence-electron chi connectivity index (χ1n) is 8.05. The van der Waals surface area contributed by atoms with Gasteiger partial charge in [0, 0.05) is 26.2 Å². The van der Waals surface area contributed by atoms with E-state index in [2.05, 4.69) is 4.98 Å². The van der Waals surface area contributed by atoms with E-state index in [0.717, 1.165) is 0 Å². The van der Waals surface area contributed by atoms with Crippen LogP contribution in [-0.4, -0.2) is 53.0 Å². The van der Waals surface area contributed by atoms with Crippen LogP contribution in [0.5, 0.6) is 0 Å². The van der Waals surface area contributed by atoms with Crippen molar-refractivity contribution in [1.29, 1.82) is 0 Å². The fourth-order valence-corrected chi connectivity index (χ4v) is 2.87. The summed E-state index contributed by atoms with van der Waals surface area (Å²) in [5.41, 5.74) is 0.0583. The molecule has 0 unspecified atom stereocenters. The molecule has 0 saturated carbocycles. The van der Waals surface area contributed by atoms with Crippen LogP contribution >= 0.6 is 0 Å². The molecule has 2 heterocycles. The Kier molecular flexibility index (Phi) is 4.92. The number of carboxylic acids is 1. The molecule has 0 bridgehead atoms. The lowest BCUT2D eigenvalue weighted by Gasteiger charge is -2.23. The van der Waals surface area contributed by atoms with Gasteiger partial charge in [0.25, 0.3) is 5.91 Å². The van der Waals surface area contributed by atoms with Gasteiger partial charge in [-0.15, -0.1) is 0 Å². The molecule has 25 heavy (non-hydrogen) atoms. The number of carbonyl (C=O) groups is 2. The standard InChI is InChI=1S/C18H18FN3O3/c19-14-6-2-1-5-13(14)17(23)22-10-4-9-21(11-12-22)16-8-3-7-15(20-16)18(24)25/h1-3,5-8H,4,9-12H2,(H,24,25). The van der Waals surface area contributed by atoms with Gasteiger partial charge in [0.05, 0.1) is 5.56 Å². The number of carbonyl (C=O) groups excluding carboxylic acids is 1. The maximum absolute atomic E-state index is 13.8. The first kappa shape index (κ1) is 16.9. The Balaban J connectivity index is 1.72. The summed E-state index contributed by atoms with van der Waals surface area (Å²) in [5.74, 6) is -1.36. The van der Waals surface area contributed by atoms with Gasteiger partial charge in [-0.3, -0.25) is 4.79 Å². The third-order valence-corrected chi connectivity index (χ3v) is 4.16. The molecule has 1 aliphatic rings. The average molecular weight is 343 g/mol. The number of benzene rings is 1. The summed E-state index contributed by atoms with van der Waals surface area (Å²) in [6, 6.07) is 10.8. The first-order chi connectivity index (χ1) is 12.1. The normalized spacial score (nSPS) is 14.9. The molecule has 1 N–H and O–H groups in total. The fourth-order valence-electron chi connectivity index (χ4n) is 2.87. The van der Waals surface area contributed by atoms with Gasteiger partial charge in [0.2, 0.25) is 0 Å². The summed E-state index contributed by atoms with van der Waals surface area (Å²) in [6.07, 6.45) is 0.694. The third-order valence-electron chi connectivity index (χ3n) is 4.16. The second-order valence-corrected chi connectivity index (χ2v) is 5.80. The van der Waals surface area contributed by atoms with Crippen LogP contribution in [0.2, 0.25) is 0 Å². The van der Waals surface area contributed by atoms with E-state index in [4.69, 9.17) is 5.11 Å². The lowest BCUT2D eigenvalue weighted by molar-refractivity contribution is 0.0689. The SMILES string of the molecule is O=C(O)c1cccc(N2CCCN(C(=O)c3ccccc3F)CC2)n1. The minimum atomic E-state index is -1.08. The molecule has 1 amide bonds. The Morgan fingerprint density at radius 3 is 2.56 bits per heavy atom. The van der Waals surface area contributed by atoms with Crippen LogP contribution in [-0.2, 0) is 0 Å². The number of pyridine rings is 1. The van der Waals surface area contributed by atoms with Crippen molar-refractivity contribution in [2.45, 2.75) is 6.42 Å². The summed E-state index contributed by atoms with van der Waals surface area (Å²) < 4.78 is 13.8. The van der Waals surface area contributed by atoms with E-state index >= 15 is 0 Å². The number of amides is 1. The first-order valence-corrected chi connectivity index (χ1v) is 8.05. The van der Waals surface area contributed by atoms with Crippen LogP contribution < -0.4 is 4.90 Å². The highest BCUT2D eigenvalue weighted by Gasteiger charge is 2.23. The molecule has 3 rings (SSSR count). The Morgan fingerprint density at radius 2 is 1.80 bits per heavy atom. The second kappa shape index (κ2) is 7.29. The van der Waals surface area contributed by atoms with Gasteiger partial charge in [-0.25, -0.2) is 14.2 Å². The monoisotopic (exact) mass is 343 g/mol. The number of carboxylic acid groups (broad SMARTS) is 1. The summed E-state index contributed by atoms with van der Waals surface area (Å²) in [4.78, 5) is 31.3. The molecule has 1 saturated heterocycles. The van der Waals surface area contributed by atoms with Crippen molar-refractivity contribution in [3.8, 4) is 0 Å². The second-order valence-electron chi connectivity index (χ2n) is 5.80. The minimum Gasteiger partial charge on any atom is -0.477 e. The van der Waals surface area contributed by atoms with Crippen molar-refractivity contribution in [2.75, 3.05) is 31.1 Å². The molecule has 0 atom stereocenters. The Labute approximate surface area is 144 Å². The van der Waals surface area contributed by atoms with Gasteiger partial charge >= 0.3 is 5.97 Å². The summed E-state index contributed by atoms with van der Waals surface area (Å²) in [6.45, 7) is 2.10. The van der Waals surface area contributed by atoms with Crippen molar-refractivity contribution in [1.82, 2.24) is 9.88 Å².